The van der Waals surface area contributed by atoms with Crippen LogP contribution in [0.4, 0.5) is 0 Å². The van der Waals surface area contributed by atoms with Gasteiger partial charge in [0.2, 0.25) is 5.91 Å². The van der Waals surface area contributed by atoms with E-state index in [1.165, 1.54) is 16.9 Å². The average molecular weight is 418 g/mol. The van der Waals surface area contributed by atoms with Gasteiger partial charge in [0.1, 0.15) is 10.5 Å². The van der Waals surface area contributed by atoms with Gasteiger partial charge in [-0.1, -0.05) is 28.1 Å². The second-order valence-electron chi connectivity index (χ2n) is 6.35. The van der Waals surface area contributed by atoms with E-state index in [9.17, 15) is 9.59 Å². The molecule has 2 aromatic heterocycles. The summed E-state index contributed by atoms with van der Waals surface area (Å²) < 4.78 is 1.65. The van der Waals surface area contributed by atoms with Gasteiger partial charge in [-0.25, -0.2) is 4.98 Å². The lowest BCUT2D eigenvalue weighted by Gasteiger charge is -2.16. The zero-order chi connectivity index (χ0) is 17.6. The topological polar surface area (TPSA) is 66.1 Å². The highest BCUT2D eigenvalue weighted by Crippen LogP contribution is 2.48. The molecule has 5 nitrogen and oxygen atoms in total. The molecule has 0 bridgehead atoms. The van der Waals surface area contributed by atoms with Crippen molar-refractivity contribution in [1.29, 1.82) is 0 Å². The lowest BCUT2D eigenvalue weighted by Crippen LogP contribution is -2.29. The number of aromatic nitrogens is 2. The molecule has 1 aliphatic carbocycles. The molecule has 1 N–H and O–H groups in total. The number of fused-ring (bicyclic) bond motifs is 1. The van der Waals surface area contributed by atoms with Crippen LogP contribution in [0.1, 0.15) is 23.7 Å². The van der Waals surface area contributed by atoms with Crippen molar-refractivity contribution in [1.82, 2.24) is 14.9 Å². The Morgan fingerprint density at radius 3 is 3.08 bits per heavy atom. The van der Waals surface area contributed by atoms with Gasteiger partial charge in [0.05, 0.1) is 12.1 Å². The Morgan fingerprint density at radius 2 is 2.28 bits per heavy atom. The maximum Gasteiger partial charge on any atom is 0.268 e. The van der Waals surface area contributed by atoms with E-state index in [1.807, 2.05) is 23.6 Å². The Balaban J connectivity index is 1.46. The van der Waals surface area contributed by atoms with Crippen molar-refractivity contribution in [2.75, 3.05) is 7.05 Å². The first kappa shape index (κ1) is 16.5. The van der Waals surface area contributed by atoms with Gasteiger partial charge in [0.25, 0.3) is 5.56 Å². The van der Waals surface area contributed by atoms with Crippen LogP contribution in [0.15, 0.2) is 45.0 Å². The maximum absolute atomic E-state index is 12.7. The third-order valence-corrected chi connectivity index (χ3v) is 5.91. The Bertz CT molecular complexity index is 1010. The number of hydrogen-bond donors (Lipinski definition) is 1. The number of benzene rings is 1. The molecule has 1 aromatic carbocycles. The standard InChI is InChI=1S/C18H16BrN3O2S/c1-22(9-15-20-14-5-6-25-16(14)17(23)21-15)18(24)13-8-12(13)10-3-2-4-11(19)7-10/h2-7,12-13H,8-9H2,1H3,(H,20,21,23). The number of amides is 1. The maximum atomic E-state index is 12.7. The first-order valence-electron chi connectivity index (χ1n) is 8.00. The molecule has 0 saturated heterocycles. The van der Waals surface area contributed by atoms with Gasteiger partial charge in [-0.05, 0) is 41.5 Å². The molecule has 4 rings (SSSR count). The Hall–Kier alpha value is -1.99. The van der Waals surface area contributed by atoms with Crippen LogP contribution in [0.25, 0.3) is 10.2 Å². The highest BCUT2D eigenvalue weighted by Gasteiger charge is 2.45. The van der Waals surface area contributed by atoms with Crippen molar-refractivity contribution in [2.24, 2.45) is 5.92 Å². The molecule has 0 spiro atoms. The second-order valence-corrected chi connectivity index (χ2v) is 8.18. The minimum Gasteiger partial charge on any atom is -0.338 e. The lowest BCUT2D eigenvalue weighted by atomic mass is 10.1. The van der Waals surface area contributed by atoms with E-state index in [4.69, 9.17) is 0 Å². The van der Waals surface area contributed by atoms with Crippen LogP contribution in [0.2, 0.25) is 0 Å². The molecule has 1 fully saturated rings. The third kappa shape index (κ3) is 3.26. The number of carbonyl (C=O) groups is 1. The van der Waals surface area contributed by atoms with Crippen LogP contribution in [0.5, 0.6) is 0 Å². The Kier molecular flexibility index (Phi) is 4.21. The smallest absolute Gasteiger partial charge is 0.268 e. The van der Waals surface area contributed by atoms with Crippen molar-refractivity contribution >= 4 is 43.4 Å². The van der Waals surface area contributed by atoms with Crippen LogP contribution in [0.3, 0.4) is 0 Å². The van der Waals surface area contributed by atoms with E-state index < -0.39 is 0 Å². The molecule has 128 valence electrons. The van der Waals surface area contributed by atoms with Gasteiger partial charge in [-0.2, -0.15) is 0 Å². The SMILES string of the molecule is CN(Cc1nc2ccsc2c(=O)[nH]1)C(=O)C1CC1c1cccc(Br)c1. The molecule has 1 saturated carbocycles. The van der Waals surface area contributed by atoms with Gasteiger partial charge in [0, 0.05) is 17.4 Å². The summed E-state index contributed by atoms with van der Waals surface area (Å²) in [6, 6.07) is 9.93. The largest absolute Gasteiger partial charge is 0.338 e. The molecule has 2 heterocycles. The summed E-state index contributed by atoms with van der Waals surface area (Å²) in [5.74, 6) is 0.902. The fourth-order valence-corrected chi connectivity index (χ4v) is 4.30. The molecular weight excluding hydrogens is 402 g/mol. The van der Waals surface area contributed by atoms with E-state index >= 15 is 0 Å². The minimum absolute atomic E-state index is 0.0101. The summed E-state index contributed by atoms with van der Waals surface area (Å²) in [5.41, 5.74) is 1.73. The van der Waals surface area contributed by atoms with Crippen molar-refractivity contribution in [3.05, 3.63) is 61.9 Å². The molecule has 3 aromatic rings. The monoisotopic (exact) mass is 417 g/mol. The van der Waals surface area contributed by atoms with Crippen molar-refractivity contribution in [3.8, 4) is 0 Å². The van der Waals surface area contributed by atoms with Gasteiger partial charge < -0.3 is 9.88 Å². The van der Waals surface area contributed by atoms with Gasteiger partial charge in [0.15, 0.2) is 0 Å². The van der Waals surface area contributed by atoms with Crippen LogP contribution in [-0.2, 0) is 11.3 Å². The summed E-state index contributed by atoms with van der Waals surface area (Å²) in [5, 5.41) is 1.85. The van der Waals surface area contributed by atoms with Crippen molar-refractivity contribution in [2.45, 2.75) is 18.9 Å². The van der Waals surface area contributed by atoms with E-state index in [0.29, 0.717) is 22.6 Å². The number of thiophene rings is 1. The van der Waals surface area contributed by atoms with E-state index in [1.54, 1.807) is 11.9 Å². The quantitative estimate of drug-likeness (QED) is 0.705. The summed E-state index contributed by atoms with van der Waals surface area (Å²) in [6.07, 6.45) is 0.868. The molecule has 0 aliphatic heterocycles. The van der Waals surface area contributed by atoms with Gasteiger partial charge in [-0.15, -0.1) is 11.3 Å². The van der Waals surface area contributed by atoms with Crippen molar-refractivity contribution < 1.29 is 4.79 Å². The molecule has 1 amide bonds. The third-order valence-electron chi connectivity index (χ3n) is 4.51. The molecule has 1 aliphatic rings. The summed E-state index contributed by atoms with van der Waals surface area (Å²) in [4.78, 5) is 33.6. The number of aromatic amines is 1. The molecule has 0 radical (unpaired) electrons. The van der Waals surface area contributed by atoms with Crippen LogP contribution >= 0.6 is 27.3 Å². The predicted molar refractivity (Wildman–Crippen MR) is 102 cm³/mol. The number of rotatable bonds is 4. The fraction of sp³-hybridized carbons (Fsp3) is 0.278. The summed E-state index contributed by atoms with van der Waals surface area (Å²) >= 11 is 4.85. The molecule has 2 unspecified atom stereocenters. The minimum atomic E-state index is -0.144. The number of hydrogen-bond acceptors (Lipinski definition) is 4. The van der Waals surface area contributed by atoms with Crippen LogP contribution in [0, 0.1) is 5.92 Å². The second kappa shape index (κ2) is 6.38. The normalized spacial score (nSPS) is 19.1. The number of H-pyrrole nitrogens is 1. The molecule has 25 heavy (non-hydrogen) atoms. The number of carbonyl (C=O) groups excluding carboxylic acids is 1. The van der Waals surface area contributed by atoms with Crippen LogP contribution < -0.4 is 5.56 Å². The molecular formula is C18H16BrN3O2S. The summed E-state index contributed by atoms with van der Waals surface area (Å²) in [7, 11) is 1.76. The number of nitrogens with one attached hydrogen (secondary N) is 1. The van der Waals surface area contributed by atoms with Gasteiger partial charge in [-0.3, -0.25) is 9.59 Å². The Morgan fingerprint density at radius 1 is 1.44 bits per heavy atom. The van der Waals surface area contributed by atoms with Crippen LogP contribution in [-0.4, -0.2) is 27.8 Å². The molecule has 7 heteroatoms. The van der Waals surface area contributed by atoms with Crippen molar-refractivity contribution in [3.63, 3.8) is 0 Å². The number of halogens is 1. The predicted octanol–water partition coefficient (Wildman–Crippen LogP) is 3.51. The zero-order valence-corrected chi connectivity index (χ0v) is 15.9. The average Bonchev–Trinajstić information content (AvgIpc) is 3.24. The van der Waals surface area contributed by atoms with E-state index in [0.717, 1.165) is 10.9 Å². The zero-order valence-electron chi connectivity index (χ0n) is 13.5. The Labute approximate surface area is 156 Å². The van der Waals surface area contributed by atoms with E-state index in [-0.39, 0.29) is 23.3 Å². The highest BCUT2D eigenvalue weighted by atomic mass is 79.9. The lowest BCUT2D eigenvalue weighted by molar-refractivity contribution is -0.132. The first-order valence-corrected chi connectivity index (χ1v) is 9.67. The highest BCUT2D eigenvalue weighted by molar-refractivity contribution is 9.10. The fourth-order valence-electron chi connectivity index (χ4n) is 3.16. The van der Waals surface area contributed by atoms with Gasteiger partial charge >= 0.3 is 0 Å². The summed E-state index contributed by atoms with van der Waals surface area (Å²) in [6.45, 7) is 0.307. The first-order chi connectivity index (χ1) is 12.0. The van der Waals surface area contributed by atoms with E-state index in [2.05, 4.69) is 38.0 Å². The number of nitrogens with zero attached hydrogens (tertiary/aromatic N) is 2. The molecule has 2 atom stereocenters.